The van der Waals surface area contributed by atoms with Gasteiger partial charge in [-0.25, -0.2) is 4.98 Å². The molecule has 2 aromatic heterocycles. The molecule has 7 heteroatoms. The number of nitrogens with zero attached hydrogens (tertiary/aromatic N) is 1. The minimum Gasteiger partial charge on any atom is -0.353 e. The van der Waals surface area contributed by atoms with Gasteiger partial charge in [0.05, 0.1) is 16.9 Å². The number of hydrogen-bond acceptors (Lipinski definition) is 5. The highest BCUT2D eigenvalue weighted by atomic mass is 32.2. The Hall–Kier alpha value is -1.34. The van der Waals surface area contributed by atoms with Crippen LogP contribution in [-0.4, -0.2) is 27.7 Å². The Bertz CT molecular complexity index is 826. The number of carbonyl (C=O) groups is 1. The monoisotopic (exact) mass is 379 g/mol. The second kappa shape index (κ2) is 7.91. The van der Waals surface area contributed by atoms with Crippen molar-refractivity contribution in [1.29, 1.82) is 0 Å². The zero-order valence-electron chi connectivity index (χ0n) is 15.0. The molecule has 2 heterocycles. The summed E-state index contributed by atoms with van der Waals surface area (Å²) >= 11 is 3.14. The lowest BCUT2D eigenvalue weighted by molar-refractivity contribution is -0.119. The van der Waals surface area contributed by atoms with Gasteiger partial charge in [-0.2, -0.15) is 0 Å². The molecule has 1 aliphatic rings. The van der Waals surface area contributed by atoms with Crippen molar-refractivity contribution in [2.75, 3.05) is 5.75 Å². The van der Waals surface area contributed by atoms with Crippen molar-refractivity contribution in [3.05, 3.63) is 26.6 Å². The fourth-order valence-corrected chi connectivity index (χ4v) is 4.96. The first-order chi connectivity index (χ1) is 12.0. The summed E-state index contributed by atoms with van der Waals surface area (Å²) in [6.07, 6.45) is 4.40. The molecule has 3 rings (SSSR count). The molecule has 0 fully saturated rings. The topological polar surface area (TPSA) is 74.8 Å². The van der Waals surface area contributed by atoms with E-state index in [9.17, 15) is 9.59 Å². The Morgan fingerprint density at radius 3 is 2.84 bits per heavy atom. The average molecular weight is 380 g/mol. The number of thioether (sulfide) groups is 1. The summed E-state index contributed by atoms with van der Waals surface area (Å²) in [5.41, 5.74) is 1.18. The Morgan fingerprint density at radius 1 is 1.32 bits per heavy atom. The lowest BCUT2D eigenvalue weighted by Crippen LogP contribution is -2.37. The SMILES string of the molecule is CC(C)[C@H](C)NC(=O)CSCc1nc2sc3c(c2c(=O)[nH]1)CCCC3. The lowest BCUT2D eigenvalue weighted by atomic mass is 9.97. The van der Waals surface area contributed by atoms with Crippen LogP contribution in [0.25, 0.3) is 10.2 Å². The van der Waals surface area contributed by atoms with Crippen molar-refractivity contribution >= 4 is 39.2 Å². The van der Waals surface area contributed by atoms with E-state index >= 15 is 0 Å². The molecule has 136 valence electrons. The summed E-state index contributed by atoms with van der Waals surface area (Å²) in [7, 11) is 0. The Labute approximate surface area is 156 Å². The number of rotatable bonds is 6. The van der Waals surface area contributed by atoms with Crippen molar-refractivity contribution in [3.63, 3.8) is 0 Å². The van der Waals surface area contributed by atoms with Crippen LogP contribution in [0.5, 0.6) is 0 Å². The molecule has 1 amide bonds. The van der Waals surface area contributed by atoms with Gasteiger partial charge in [0.25, 0.3) is 5.56 Å². The van der Waals surface area contributed by atoms with E-state index in [-0.39, 0.29) is 17.5 Å². The summed E-state index contributed by atoms with van der Waals surface area (Å²) in [5, 5.41) is 3.78. The van der Waals surface area contributed by atoms with Gasteiger partial charge in [0.15, 0.2) is 0 Å². The van der Waals surface area contributed by atoms with Crippen LogP contribution < -0.4 is 10.9 Å². The first-order valence-electron chi connectivity index (χ1n) is 8.86. The molecular formula is C18H25N3O2S2. The molecule has 0 bridgehead atoms. The van der Waals surface area contributed by atoms with E-state index in [0.717, 1.165) is 29.5 Å². The van der Waals surface area contributed by atoms with Gasteiger partial charge in [-0.05, 0) is 44.1 Å². The summed E-state index contributed by atoms with van der Waals surface area (Å²) in [6, 6.07) is 0.167. The van der Waals surface area contributed by atoms with Crippen molar-refractivity contribution in [2.45, 2.75) is 58.2 Å². The predicted octanol–water partition coefficient (Wildman–Crippen LogP) is 3.26. The van der Waals surface area contributed by atoms with Crippen LogP contribution in [-0.2, 0) is 23.4 Å². The number of aryl methyl sites for hydroxylation is 2. The summed E-state index contributed by atoms with van der Waals surface area (Å²) in [6.45, 7) is 6.18. The third kappa shape index (κ3) is 4.26. The molecule has 0 radical (unpaired) electrons. The number of hydrogen-bond donors (Lipinski definition) is 2. The van der Waals surface area contributed by atoms with E-state index in [2.05, 4.69) is 29.1 Å². The van der Waals surface area contributed by atoms with E-state index in [1.807, 2.05) is 6.92 Å². The van der Waals surface area contributed by atoms with Gasteiger partial charge in [-0.15, -0.1) is 23.1 Å². The second-order valence-corrected chi connectivity index (χ2v) is 9.07. The summed E-state index contributed by atoms with van der Waals surface area (Å²) < 4.78 is 0. The highest BCUT2D eigenvalue weighted by molar-refractivity contribution is 7.99. The van der Waals surface area contributed by atoms with Crippen LogP contribution >= 0.6 is 23.1 Å². The molecule has 2 aromatic rings. The number of fused-ring (bicyclic) bond motifs is 3. The second-order valence-electron chi connectivity index (χ2n) is 7.00. The first kappa shape index (κ1) is 18.5. The number of nitrogens with one attached hydrogen (secondary N) is 2. The Kier molecular flexibility index (Phi) is 5.84. The molecule has 25 heavy (non-hydrogen) atoms. The number of aromatic amines is 1. The van der Waals surface area contributed by atoms with Gasteiger partial charge in [0, 0.05) is 10.9 Å². The fraction of sp³-hybridized carbons (Fsp3) is 0.611. The Morgan fingerprint density at radius 2 is 2.08 bits per heavy atom. The third-order valence-corrected chi connectivity index (χ3v) is 6.86. The quantitative estimate of drug-likeness (QED) is 0.808. The zero-order valence-corrected chi connectivity index (χ0v) is 16.6. The molecule has 0 saturated carbocycles. The van der Waals surface area contributed by atoms with Crippen LogP contribution in [0, 0.1) is 5.92 Å². The molecular weight excluding hydrogens is 354 g/mol. The van der Waals surface area contributed by atoms with Gasteiger partial charge in [0.1, 0.15) is 10.7 Å². The number of H-pyrrole nitrogens is 1. The minimum atomic E-state index is -0.0297. The largest absolute Gasteiger partial charge is 0.353 e. The molecule has 1 aliphatic carbocycles. The zero-order chi connectivity index (χ0) is 18.0. The van der Waals surface area contributed by atoms with Crippen LogP contribution in [0.4, 0.5) is 0 Å². The molecule has 0 saturated heterocycles. The molecule has 5 nitrogen and oxygen atoms in total. The Balaban J connectivity index is 1.65. The third-order valence-electron chi connectivity index (χ3n) is 4.73. The van der Waals surface area contributed by atoms with Crippen molar-refractivity contribution in [1.82, 2.24) is 15.3 Å². The molecule has 0 spiro atoms. The van der Waals surface area contributed by atoms with E-state index in [1.165, 1.54) is 28.6 Å². The normalized spacial score (nSPS) is 15.4. The number of carbonyl (C=O) groups excluding carboxylic acids is 1. The first-order valence-corrected chi connectivity index (χ1v) is 10.8. The van der Waals surface area contributed by atoms with Crippen LogP contribution in [0.2, 0.25) is 0 Å². The molecule has 0 aliphatic heterocycles. The van der Waals surface area contributed by atoms with Gasteiger partial charge in [0.2, 0.25) is 5.91 Å². The molecule has 0 unspecified atom stereocenters. The van der Waals surface area contributed by atoms with Crippen molar-refractivity contribution in [3.8, 4) is 0 Å². The van der Waals surface area contributed by atoms with Crippen molar-refractivity contribution < 1.29 is 4.79 Å². The highest BCUT2D eigenvalue weighted by Crippen LogP contribution is 2.33. The predicted molar refractivity (Wildman–Crippen MR) is 105 cm³/mol. The number of amides is 1. The summed E-state index contributed by atoms with van der Waals surface area (Å²) in [4.78, 5) is 34.1. The number of thiophene rings is 1. The van der Waals surface area contributed by atoms with Gasteiger partial charge in [-0.1, -0.05) is 13.8 Å². The standard InChI is InChI=1S/C18H25N3O2S2/c1-10(2)11(3)19-15(22)9-24-8-14-20-17(23)16-12-6-4-5-7-13(12)25-18(16)21-14/h10-11H,4-9H2,1-3H3,(H,19,22)(H,20,21,23)/t11-/m0/s1. The smallest absolute Gasteiger partial charge is 0.259 e. The van der Waals surface area contributed by atoms with Crippen LogP contribution in [0.3, 0.4) is 0 Å². The fourth-order valence-electron chi connectivity index (χ4n) is 2.98. The highest BCUT2D eigenvalue weighted by Gasteiger charge is 2.19. The summed E-state index contributed by atoms with van der Waals surface area (Å²) in [5.74, 6) is 2.02. The maximum Gasteiger partial charge on any atom is 0.259 e. The van der Waals surface area contributed by atoms with E-state index in [0.29, 0.717) is 23.2 Å². The van der Waals surface area contributed by atoms with Crippen molar-refractivity contribution in [2.24, 2.45) is 5.92 Å². The lowest BCUT2D eigenvalue weighted by Gasteiger charge is -2.17. The van der Waals surface area contributed by atoms with Crippen LogP contribution in [0.1, 0.15) is 49.9 Å². The maximum absolute atomic E-state index is 12.5. The minimum absolute atomic E-state index is 0.0289. The number of aromatic nitrogens is 2. The van der Waals surface area contributed by atoms with E-state index in [4.69, 9.17) is 0 Å². The maximum atomic E-state index is 12.5. The van der Waals surface area contributed by atoms with E-state index in [1.54, 1.807) is 11.3 Å². The van der Waals surface area contributed by atoms with Gasteiger partial charge >= 0.3 is 0 Å². The van der Waals surface area contributed by atoms with Crippen LogP contribution in [0.15, 0.2) is 4.79 Å². The molecule has 1 atom stereocenters. The van der Waals surface area contributed by atoms with Gasteiger partial charge < -0.3 is 10.3 Å². The molecule has 2 N–H and O–H groups in total. The average Bonchev–Trinajstić information content (AvgIpc) is 2.93. The van der Waals surface area contributed by atoms with E-state index < -0.39 is 0 Å². The molecule has 0 aromatic carbocycles. The van der Waals surface area contributed by atoms with Gasteiger partial charge in [-0.3, -0.25) is 9.59 Å².